The fourth-order valence-corrected chi connectivity index (χ4v) is 5.15. The summed E-state index contributed by atoms with van der Waals surface area (Å²) in [6.45, 7) is 6.90. The van der Waals surface area contributed by atoms with Crippen molar-refractivity contribution in [1.82, 2.24) is 10.2 Å². The number of ether oxygens (including phenoxy) is 2. The van der Waals surface area contributed by atoms with Crippen LogP contribution in [0.15, 0.2) is 18.2 Å². The first kappa shape index (κ1) is 21.9. The van der Waals surface area contributed by atoms with Crippen LogP contribution in [0.3, 0.4) is 0 Å². The second kappa shape index (κ2) is 11.9. The molecule has 1 aliphatic carbocycles. The van der Waals surface area contributed by atoms with Crippen molar-refractivity contribution in [3.8, 4) is 5.75 Å². The number of piperidine rings is 1. The number of likely N-dealkylation sites (tertiary alicyclic amines) is 1. The third kappa shape index (κ3) is 6.60. The molecule has 170 valence electrons. The lowest BCUT2D eigenvalue weighted by Gasteiger charge is -2.26. The number of benzene rings is 1. The largest absolute Gasteiger partial charge is 0.494 e. The molecule has 2 aliphatic heterocycles. The van der Waals surface area contributed by atoms with Crippen molar-refractivity contribution >= 4 is 5.69 Å². The molecule has 2 heterocycles. The van der Waals surface area contributed by atoms with Crippen LogP contribution in [0.25, 0.3) is 0 Å². The van der Waals surface area contributed by atoms with Crippen molar-refractivity contribution in [3.63, 3.8) is 0 Å². The van der Waals surface area contributed by atoms with Gasteiger partial charge in [0.05, 0.1) is 13.3 Å². The van der Waals surface area contributed by atoms with E-state index in [9.17, 15) is 0 Å². The number of fused-ring (bicyclic) bond motifs is 1. The van der Waals surface area contributed by atoms with E-state index >= 15 is 0 Å². The number of rotatable bonds is 10. The van der Waals surface area contributed by atoms with Gasteiger partial charge in [-0.1, -0.05) is 32.1 Å². The first-order chi connectivity index (χ1) is 14.9. The van der Waals surface area contributed by atoms with Crippen LogP contribution >= 0.6 is 0 Å². The number of hydrogen-bond donors (Lipinski definition) is 1. The molecule has 0 amide bonds. The first-order valence-electron chi connectivity index (χ1n) is 12.4. The molecular formula is C25H43N3O2. The van der Waals surface area contributed by atoms with E-state index in [4.69, 9.17) is 9.47 Å². The van der Waals surface area contributed by atoms with E-state index in [2.05, 4.69) is 33.3 Å². The van der Waals surface area contributed by atoms with E-state index in [0.29, 0.717) is 19.5 Å². The van der Waals surface area contributed by atoms with E-state index in [-0.39, 0.29) is 1.43 Å². The Bertz CT molecular complexity index is 631. The quantitative estimate of drug-likeness (QED) is 0.336. The lowest BCUT2D eigenvalue weighted by atomic mass is 10.1. The maximum atomic E-state index is 6.05. The predicted molar refractivity (Wildman–Crippen MR) is 125 cm³/mol. The number of hydrogen-bond acceptors (Lipinski definition) is 5. The minimum absolute atomic E-state index is 0. The van der Waals surface area contributed by atoms with Gasteiger partial charge >= 0.3 is 0 Å². The summed E-state index contributed by atoms with van der Waals surface area (Å²) in [6.07, 6.45) is 14.5. The molecule has 30 heavy (non-hydrogen) atoms. The molecule has 3 aliphatic rings. The Morgan fingerprint density at radius 2 is 1.77 bits per heavy atom. The van der Waals surface area contributed by atoms with Gasteiger partial charge in [0.25, 0.3) is 0 Å². The Kier molecular flexibility index (Phi) is 8.71. The summed E-state index contributed by atoms with van der Waals surface area (Å²) in [4.78, 5) is 4.93. The van der Waals surface area contributed by atoms with Crippen molar-refractivity contribution in [2.75, 3.05) is 51.1 Å². The normalized spacial score (nSPS) is 20.9. The van der Waals surface area contributed by atoms with Gasteiger partial charge in [-0.3, -0.25) is 5.32 Å². The summed E-state index contributed by atoms with van der Waals surface area (Å²) in [5.41, 5.74) is 2.70. The van der Waals surface area contributed by atoms with Crippen molar-refractivity contribution in [2.24, 2.45) is 0 Å². The van der Waals surface area contributed by atoms with Crippen LogP contribution in [-0.4, -0.2) is 57.2 Å². The Labute approximate surface area is 184 Å². The number of nitrogens with one attached hydrogen (secondary N) is 1. The van der Waals surface area contributed by atoms with Gasteiger partial charge < -0.3 is 19.3 Å². The number of nitrogens with zero attached hydrogens (tertiary/aromatic N) is 2. The highest BCUT2D eigenvalue weighted by Gasteiger charge is 2.20. The molecule has 1 saturated carbocycles. The highest BCUT2D eigenvalue weighted by molar-refractivity contribution is 5.59. The second-order valence-corrected chi connectivity index (χ2v) is 9.28. The zero-order valence-corrected chi connectivity index (χ0v) is 18.7. The van der Waals surface area contributed by atoms with Crippen LogP contribution in [0.4, 0.5) is 5.69 Å². The summed E-state index contributed by atoms with van der Waals surface area (Å²) >= 11 is 0. The van der Waals surface area contributed by atoms with Gasteiger partial charge in [0.1, 0.15) is 12.5 Å². The average molecular weight is 418 g/mol. The van der Waals surface area contributed by atoms with Crippen LogP contribution in [0.5, 0.6) is 5.75 Å². The minimum atomic E-state index is 0. The van der Waals surface area contributed by atoms with Crippen LogP contribution in [0.1, 0.15) is 71.2 Å². The third-order valence-electron chi connectivity index (χ3n) is 6.96. The van der Waals surface area contributed by atoms with Crippen LogP contribution < -0.4 is 15.0 Å². The highest BCUT2D eigenvalue weighted by atomic mass is 16.5. The van der Waals surface area contributed by atoms with Crippen molar-refractivity contribution in [1.29, 1.82) is 0 Å². The molecule has 2 fully saturated rings. The zero-order valence-electron chi connectivity index (χ0n) is 18.7. The molecule has 5 heteroatoms. The van der Waals surface area contributed by atoms with Gasteiger partial charge in [0.2, 0.25) is 0 Å². The van der Waals surface area contributed by atoms with E-state index in [1.165, 1.54) is 88.7 Å². The summed E-state index contributed by atoms with van der Waals surface area (Å²) < 4.78 is 12.0. The lowest BCUT2D eigenvalue weighted by Crippen LogP contribution is -2.33. The smallest absolute Gasteiger partial charge is 0.120 e. The number of anilines is 1. The summed E-state index contributed by atoms with van der Waals surface area (Å²) in [5, 5.41) is 3.60. The van der Waals surface area contributed by atoms with E-state index in [1.54, 1.807) is 0 Å². The Hall–Kier alpha value is -1.30. The monoisotopic (exact) mass is 417 g/mol. The predicted octanol–water partition coefficient (Wildman–Crippen LogP) is 4.79. The second-order valence-electron chi connectivity index (χ2n) is 9.28. The fourth-order valence-electron chi connectivity index (χ4n) is 5.15. The molecule has 0 atom stereocenters. The van der Waals surface area contributed by atoms with Gasteiger partial charge in [0.15, 0.2) is 0 Å². The van der Waals surface area contributed by atoms with Crippen LogP contribution in [0.2, 0.25) is 0 Å². The van der Waals surface area contributed by atoms with Gasteiger partial charge in [0, 0.05) is 26.2 Å². The molecular weight excluding hydrogens is 374 g/mol. The SMILES string of the molecule is [HH].c1cc2c(cc1OCCCN1CCCCC1)CCN2COCNC1CCCCCC1. The standard InChI is InChI=1S/C25H41N3O2.H2/c1-2-5-10-23(9-4-1)26-20-29-21-28-17-13-22-19-24(11-12-25(22)28)30-18-8-16-27-14-6-3-7-15-27;/h11-12,19,23,26H,1-10,13-18,20-21H2;1H. The lowest BCUT2D eigenvalue weighted by molar-refractivity contribution is 0.107. The van der Waals surface area contributed by atoms with Gasteiger partial charge in [-0.25, -0.2) is 0 Å². The highest BCUT2D eigenvalue weighted by Crippen LogP contribution is 2.31. The van der Waals surface area contributed by atoms with E-state index in [1.807, 2.05) is 0 Å². The van der Waals surface area contributed by atoms with E-state index in [0.717, 1.165) is 31.7 Å². The third-order valence-corrected chi connectivity index (χ3v) is 6.96. The molecule has 1 N–H and O–H groups in total. The summed E-state index contributed by atoms with van der Waals surface area (Å²) in [5.74, 6) is 1.02. The molecule has 1 aromatic rings. The van der Waals surface area contributed by atoms with Crippen molar-refractivity contribution < 1.29 is 10.9 Å². The van der Waals surface area contributed by atoms with E-state index < -0.39 is 0 Å². The minimum Gasteiger partial charge on any atom is -0.494 e. The van der Waals surface area contributed by atoms with Crippen LogP contribution in [-0.2, 0) is 11.2 Å². The average Bonchev–Trinajstić information content (AvgIpc) is 3.00. The molecule has 1 aromatic carbocycles. The molecule has 5 nitrogen and oxygen atoms in total. The molecule has 0 unspecified atom stereocenters. The molecule has 4 rings (SSSR count). The molecule has 0 aromatic heterocycles. The molecule has 0 bridgehead atoms. The van der Waals surface area contributed by atoms with Gasteiger partial charge in [-0.15, -0.1) is 0 Å². The Morgan fingerprint density at radius 3 is 2.60 bits per heavy atom. The zero-order chi connectivity index (χ0) is 20.4. The van der Waals surface area contributed by atoms with Gasteiger partial charge in [-0.2, -0.15) is 0 Å². The summed E-state index contributed by atoms with van der Waals surface area (Å²) in [7, 11) is 0. The fraction of sp³-hybridized carbons (Fsp3) is 0.760. The molecule has 0 spiro atoms. The topological polar surface area (TPSA) is 37.0 Å². The van der Waals surface area contributed by atoms with Crippen molar-refractivity contribution in [2.45, 2.75) is 76.7 Å². The first-order valence-corrected chi connectivity index (χ1v) is 12.4. The maximum absolute atomic E-state index is 6.05. The van der Waals surface area contributed by atoms with Gasteiger partial charge in [-0.05, 0) is 75.4 Å². The Balaban J connectivity index is 0.00000272. The Morgan fingerprint density at radius 1 is 0.967 bits per heavy atom. The maximum Gasteiger partial charge on any atom is 0.120 e. The summed E-state index contributed by atoms with van der Waals surface area (Å²) in [6, 6.07) is 7.22. The molecule has 0 radical (unpaired) electrons. The van der Waals surface area contributed by atoms with Crippen LogP contribution in [0, 0.1) is 0 Å². The van der Waals surface area contributed by atoms with Crippen molar-refractivity contribution in [3.05, 3.63) is 23.8 Å². The molecule has 1 saturated heterocycles.